The Hall–Kier alpha value is -2.67. The molecule has 1 N–H and O–H groups in total. The van der Waals surface area contributed by atoms with Crippen LogP contribution in [-0.2, 0) is 14.8 Å². The minimum absolute atomic E-state index is 0.128. The van der Waals surface area contributed by atoms with Gasteiger partial charge < -0.3 is 0 Å². The summed E-state index contributed by atoms with van der Waals surface area (Å²) in [7, 11) is -3.93. The predicted octanol–water partition coefficient (Wildman–Crippen LogP) is 4.04. The first kappa shape index (κ1) is 22.6. The summed E-state index contributed by atoms with van der Waals surface area (Å²) in [6.07, 6.45) is 0. The molecule has 0 aliphatic rings. The summed E-state index contributed by atoms with van der Waals surface area (Å²) in [5, 5.41) is 4.13. The van der Waals surface area contributed by atoms with E-state index in [0.717, 1.165) is 21.1 Å². The van der Waals surface area contributed by atoms with Gasteiger partial charge in [0.2, 0.25) is 0 Å². The van der Waals surface area contributed by atoms with Gasteiger partial charge in [-0.05, 0) is 50.1 Å². The Balaban J connectivity index is 2.44. The van der Waals surface area contributed by atoms with Crippen molar-refractivity contribution in [1.29, 1.82) is 0 Å². The van der Waals surface area contributed by atoms with E-state index in [-0.39, 0.29) is 16.9 Å². The van der Waals surface area contributed by atoms with Crippen molar-refractivity contribution < 1.29 is 13.2 Å². The van der Waals surface area contributed by atoms with Crippen LogP contribution in [0.2, 0.25) is 0 Å². The van der Waals surface area contributed by atoms with Crippen molar-refractivity contribution in [1.82, 2.24) is 5.43 Å². The molecule has 7 heteroatoms. The molecular formula is C22H29N3O3S. The van der Waals surface area contributed by atoms with Crippen molar-refractivity contribution in [2.75, 3.05) is 10.8 Å². The third kappa shape index (κ3) is 5.67. The van der Waals surface area contributed by atoms with E-state index >= 15 is 0 Å². The van der Waals surface area contributed by atoms with Crippen molar-refractivity contribution in [3.63, 3.8) is 0 Å². The van der Waals surface area contributed by atoms with Gasteiger partial charge in [0, 0.05) is 11.1 Å². The fraction of sp³-hybridized carbons (Fsp3) is 0.364. The van der Waals surface area contributed by atoms with Crippen LogP contribution in [-0.4, -0.2) is 26.6 Å². The number of nitrogens with one attached hydrogen (secondary N) is 1. The molecule has 0 unspecified atom stereocenters. The number of nitrogens with zero attached hydrogens (tertiary/aromatic N) is 2. The standard InChI is InChI=1S/C22H29N3O3S/c1-16-12-13-17(2)20(14-16)25(29(27,28)19-10-8-7-9-11-19)15-21(26)24-23-18(3)22(4,5)6/h7-14H,15H2,1-6H3,(H,24,26)/b23-18-. The molecule has 6 nitrogen and oxygen atoms in total. The van der Waals surface area contributed by atoms with Crippen LogP contribution in [0.1, 0.15) is 38.8 Å². The van der Waals surface area contributed by atoms with Gasteiger partial charge in [0.1, 0.15) is 6.54 Å². The number of sulfonamides is 1. The Morgan fingerprint density at radius 1 is 1.07 bits per heavy atom. The van der Waals surface area contributed by atoms with E-state index in [1.165, 1.54) is 12.1 Å². The third-order valence-corrected chi connectivity index (χ3v) is 6.46. The molecule has 0 aromatic heterocycles. The SMILES string of the molecule is C/C(=N/NC(=O)CN(c1cc(C)ccc1C)S(=O)(=O)c1ccccc1)C(C)(C)C. The molecule has 0 spiro atoms. The zero-order chi connectivity index (χ0) is 21.8. The summed E-state index contributed by atoms with van der Waals surface area (Å²) in [6, 6.07) is 13.6. The summed E-state index contributed by atoms with van der Waals surface area (Å²) < 4.78 is 27.8. The minimum atomic E-state index is -3.93. The highest BCUT2D eigenvalue weighted by atomic mass is 32.2. The van der Waals surface area contributed by atoms with Gasteiger partial charge in [-0.25, -0.2) is 13.8 Å². The second-order valence-corrected chi connectivity index (χ2v) is 9.96. The monoisotopic (exact) mass is 415 g/mol. The molecule has 0 aliphatic heterocycles. The third-order valence-electron chi connectivity index (χ3n) is 4.69. The number of rotatable bonds is 6. The average molecular weight is 416 g/mol. The smallest absolute Gasteiger partial charge is 0.264 e. The summed E-state index contributed by atoms with van der Waals surface area (Å²) in [5.74, 6) is -0.506. The van der Waals surface area contributed by atoms with E-state index in [4.69, 9.17) is 0 Å². The maximum absolute atomic E-state index is 13.3. The largest absolute Gasteiger partial charge is 0.271 e. The maximum Gasteiger partial charge on any atom is 0.264 e. The summed E-state index contributed by atoms with van der Waals surface area (Å²) in [6.45, 7) is 11.1. The molecule has 0 aliphatic carbocycles. The van der Waals surface area contributed by atoms with Gasteiger partial charge >= 0.3 is 0 Å². The zero-order valence-corrected chi connectivity index (χ0v) is 18.7. The maximum atomic E-state index is 13.3. The second kappa shape index (κ2) is 8.78. The number of hydrazone groups is 1. The summed E-state index contributed by atoms with van der Waals surface area (Å²) in [5.41, 5.74) is 5.17. The van der Waals surface area contributed by atoms with Crippen LogP contribution in [0.3, 0.4) is 0 Å². The van der Waals surface area contributed by atoms with Gasteiger partial charge in [-0.15, -0.1) is 0 Å². The van der Waals surface area contributed by atoms with E-state index in [1.807, 2.05) is 53.7 Å². The van der Waals surface area contributed by atoms with Crippen LogP contribution in [0, 0.1) is 19.3 Å². The van der Waals surface area contributed by atoms with Crippen LogP contribution < -0.4 is 9.73 Å². The number of carbonyl (C=O) groups is 1. The fourth-order valence-electron chi connectivity index (χ4n) is 2.49. The number of aryl methyl sites for hydroxylation is 2. The van der Waals surface area contributed by atoms with Crippen molar-refractivity contribution in [2.45, 2.75) is 46.4 Å². The van der Waals surface area contributed by atoms with Crippen LogP contribution >= 0.6 is 0 Å². The molecule has 1 amide bonds. The zero-order valence-electron chi connectivity index (χ0n) is 17.9. The Labute approximate surface area is 173 Å². The molecule has 2 rings (SSSR count). The van der Waals surface area contributed by atoms with Gasteiger partial charge in [0.15, 0.2) is 0 Å². The van der Waals surface area contributed by atoms with Crippen molar-refractivity contribution >= 4 is 27.3 Å². The second-order valence-electron chi connectivity index (χ2n) is 8.10. The lowest BCUT2D eigenvalue weighted by molar-refractivity contribution is -0.119. The van der Waals surface area contributed by atoms with E-state index in [1.54, 1.807) is 24.3 Å². The first-order valence-corrected chi connectivity index (χ1v) is 10.9. The summed E-state index contributed by atoms with van der Waals surface area (Å²) >= 11 is 0. The van der Waals surface area contributed by atoms with Gasteiger partial charge in [-0.2, -0.15) is 5.10 Å². The Bertz CT molecular complexity index is 1010. The van der Waals surface area contributed by atoms with Crippen LogP contribution in [0.5, 0.6) is 0 Å². The number of hydrogen-bond acceptors (Lipinski definition) is 4. The molecule has 0 atom stereocenters. The topological polar surface area (TPSA) is 78.8 Å². The molecule has 0 saturated heterocycles. The van der Waals surface area contributed by atoms with Gasteiger partial charge in [0.25, 0.3) is 15.9 Å². The van der Waals surface area contributed by atoms with Gasteiger partial charge in [0.05, 0.1) is 10.6 Å². The molecule has 0 radical (unpaired) electrons. The molecule has 156 valence electrons. The molecule has 0 saturated carbocycles. The number of carbonyl (C=O) groups excluding carboxylic acids is 1. The van der Waals surface area contributed by atoms with Gasteiger partial charge in [-0.1, -0.05) is 51.1 Å². The van der Waals surface area contributed by atoms with E-state index in [9.17, 15) is 13.2 Å². The number of anilines is 1. The lowest BCUT2D eigenvalue weighted by Gasteiger charge is -2.26. The fourth-order valence-corrected chi connectivity index (χ4v) is 3.99. The first-order chi connectivity index (χ1) is 13.4. The average Bonchev–Trinajstić information content (AvgIpc) is 2.66. The quantitative estimate of drug-likeness (QED) is 0.571. The van der Waals surface area contributed by atoms with Gasteiger partial charge in [-0.3, -0.25) is 9.10 Å². The predicted molar refractivity (Wildman–Crippen MR) is 118 cm³/mol. The Kier molecular flexibility index (Phi) is 6.85. The lowest BCUT2D eigenvalue weighted by atomic mass is 9.91. The number of amides is 1. The highest BCUT2D eigenvalue weighted by Gasteiger charge is 2.28. The molecule has 29 heavy (non-hydrogen) atoms. The lowest BCUT2D eigenvalue weighted by Crippen LogP contribution is -2.40. The Morgan fingerprint density at radius 2 is 1.69 bits per heavy atom. The van der Waals surface area contributed by atoms with Crippen molar-refractivity contribution in [2.24, 2.45) is 10.5 Å². The Morgan fingerprint density at radius 3 is 2.28 bits per heavy atom. The molecule has 0 heterocycles. The van der Waals surface area contributed by atoms with Crippen LogP contribution in [0.25, 0.3) is 0 Å². The van der Waals surface area contributed by atoms with Crippen LogP contribution in [0.15, 0.2) is 58.5 Å². The number of benzene rings is 2. The highest BCUT2D eigenvalue weighted by molar-refractivity contribution is 7.92. The molecule has 2 aromatic carbocycles. The van der Waals surface area contributed by atoms with E-state index < -0.39 is 15.9 Å². The first-order valence-electron chi connectivity index (χ1n) is 9.41. The number of hydrogen-bond donors (Lipinski definition) is 1. The normalized spacial score (nSPS) is 12.6. The van der Waals surface area contributed by atoms with Crippen molar-refractivity contribution in [3.05, 3.63) is 59.7 Å². The summed E-state index contributed by atoms with van der Waals surface area (Å²) in [4.78, 5) is 12.7. The molecule has 0 bridgehead atoms. The molecular weight excluding hydrogens is 386 g/mol. The van der Waals surface area contributed by atoms with Crippen LogP contribution in [0.4, 0.5) is 5.69 Å². The van der Waals surface area contributed by atoms with E-state index in [0.29, 0.717) is 5.69 Å². The molecule has 0 fully saturated rings. The van der Waals surface area contributed by atoms with Crippen molar-refractivity contribution in [3.8, 4) is 0 Å². The van der Waals surface area contributed by atoms with E-state index in [2.05, 4.69) is 10.5 Å². The minimum Gasteiger partial charge on any atom is -0.271 e. The molecule has 2 aromatic rings. The highest BCUT2D eigenvalue weighted by Crippen LogP contribution is 2.27.